The summed E-state index contributed by atoms with van der Waals surface area (Å²) in [6.07, 6.45) is 16.2. The minimum absolute atomic E-state index is 0.328. The molecule has 5 aromatic carbocycles. The summed E-state index contributed by atoms with van der Waals surface area (Å²) < 4.78 is 18.8. The maximum Gasteiger partial charge on any atom is 0.340 e. The van der Waals surface area contributed by atoms with Crippen molar-refractivity contribution in [2.75, 3.05) is 67.2 Å². The Kier molecular flexibility index (Phi) is 15.3. The van der Waals surface area contributed by atoms with Crippen LogP contribution in [0.2, 0.25) is 0 Å². The van der Waals surface area contributed by atoms with Gasteiger partial charge in [0.2, 0.25) is 0 Å². The molecule has 5 aromatic rings. The van der Waals surface area contributed by atoms with Gasteiger partial charge in [0.1, 0.15) is 11.5 Å². The fourth-order valence-corrected chi connectivity index (χ4v) is 9.72. The molecule has 7 nitrogen and oxygen atoms in total. The lowest BCUT2D eigenvalue weighted by Crippen LogP contribution is -2.29. The van der Waals surface area contributed by atoms with Crippen LogP contribution >= 0.6 is 0 Å². The topological polar surface area (TPSA) is 54.5 Å². The Labute approximate surface area is 388 Å². The summed E-state index contributed by atoms with van der Waals surface area (Å²) in [4.78, 5) is 22.0. The molecule has 0 unspecified atom stereocenters. The first-order chi connectivity index (χ1) is 31.9. The number of fused-ring (bicyclic) bond motifs is 1. The minimum Gasteiger partial charge on any atom is -0.494 e. The summed E-state index contributed by atoms with van der Waals surface area (Å²) in [5, 5.41) is 0. The molecular formula is C58H69N3O4. The molecule has 2 saturated heterocycles. The number of anilines is 3. The van der Waals surface area contributed by atoms with E-state index in [2.05, 4.69) is 126 Å². The second kappa shape index (κ2) is 21.8. The van der Waals surface area contributed by atoms with Gasteiger partial charge in [-0.05, 0) is 177 Å². The zero-order valence-electron chi connectivity index (χ0n) is 39.3. The van der Waals surface area contributed by atoms with E-state index in [4.69, 9.17) is 14.2 Å². The van der Waals surface area contributed by atoms with E-state index in [1.54, 1.807) is 0 Å². The number of ether oxygens (including phenoxy) is 3. The van der Waals surface area contributed by atoms with Gasteiger partial charge in [-0.3, -0.25) is 0 Å². The summed E-state index contributed by atoms with van der Waals surface area (Å²) in [6, 6.07) is 41.0. The Bertz CT molecular complexity index is 2240. The summed E-state index contributed by atoms with van der Waals surface area (Å²) in [5.74, 6) is 1.31. The SMILES string of the molecule is CCCCN(CCCC)c1ccc2c(c1)C(C=C(c1ccc(OCC)cc1)c1ccc(N3CCCCC3)cc1)(C=C(c1ccc(OCC)cc1)c1ccc(N3CCCCC3)cc1)OC2=O. The molecule has 7 heteroatoms. The van der Waals surface area contributed by atoms with Gasteiger partial charge < -0.3 is 28.9 Å². The van der Waals surface area contributed by atoms with Crippen molar-refractivity contribution in [1.82, 2.24) is 0 Å². The van der Waals surface area contributed by atoms with Gasteiger partial charge in [0, 0.05) is 61.9 Å². The number of carbonyl (C=O) groups is 1. The van der Waals surface area contributed by atoms with E-state index in [9.17, 15) is 4.79 Å². The van der Waals surface area contributed by atoms with Crippen molar-refractivity contribution < 1.29 is 19.0 Å². The molecule has 340 valence electrons. The van der Waals surface area contributed by atoms with Crippen molar-refractivity contribution in [3.05, 3.63) is 161 Å². The average Bonchev–Trinajstić information content (AvgIpc) is 3.63. The monoisotopic (exact) mass is 872 g/mol. The van der Waals surface area contributed by atoms with Gasteiger partial charge in [-0.25, -0.2) is 4.79 Å². The fourth-order valence-electron chi connectivity index (χ4n) is 9.72. The third-order valence-corrected chi connectivity index (χ3v) is 13.3. The van der Waals surface area contributed by atoms with Crippen LogP contribution in [0.1, 0.15) is 130 Å². The Morgan fingerprint density at radius 3 is 1.38 bits per heavy atom. The standard InChI is InChI=1S/C58H69N3O4/c1-5-9-35-61(36-10-6-2)50-29-34-53-56(41-50)58(65-57(53)62,42-54(46-21-30-51(31-22-46)63-7-3)44-17-25-48(26-18-44)59-37-13-11-14-38-59)43-55(47-23-32-52(33-24-47)64-8-4)45-19-27-49(28-20-45)60-39-15-12-16-40-60/h17-34,41-43H,5-16,35-40H2,1-4H3. The molecule has 3 aliphatic rings. The maximum absolute atomic E-state index is 14.5. The van der Waals surface area contributed by atoms with Gasteiger partial charge >= 0.3 is 5.97 Å². The third-order valence-electron chi connectivity index (χ3n) is 13.3. The second-order valence-corrected chi connectivity index (χ2v) is 17.8. The highest BCUT2D eigenvalue weighted by molar-refractivity contribution is 5.98. The van der Waals surface area contributed by atoms with Crippen LogP contribution in [0.3, 0.4) is 0 Å². The molecule has 0 radical (unpaired) electrons. The van der Waals surface area contributed by atoms with E-state index in [0.29, 0.717) is 18.8 Å². The normalized spacial score (nSPS) is 17.8. The fraction of sp³-hybridized carbons (Fsp3) is 0.397. The van der Waals surface area contributed by atoms with Crippen molar-refractivity contribution in [3.63, 3.8) is 0 Å². The number of hydrogen-bond acceptors (Lipinski definition) is 7. The van der Waals surface area contributed by atoms with Crippen LogP contribution < -0.4 is 24.2 Å². The number of cyclic esters (lactones) is 1. The number of hydrogen-bond donors (Lipinski definition) is 0. The zero-order chi connectivity index (χ0) is 45.0. The first-order valence-corrected chi connectivity index (χ1v) is 24.7. The van der Waals surface area contributed by atoms with Gasteiger partial charge in [-0.1, -0.05) is 75.2 Å². The molecule has 0 atom stereocenters. The van der Waals surface area contributed by atoms with E-state index < -0.39 is 5.60 Å². The van der Waals surface area contributed by atoms with Gasteiger partial charge in [-0.15, -0.1) is 0 Å². The number of piperidine rings is 2. The molecule has 2 fully saturated rings. The highest BCUT2D eigenvalue weighted by atomic mass is 16.6. The lowest BCUT2D eigenvalue weighted by Gasteiger charge is -2.30. The van der Waals surface area contributed by atoms with Crippen LogP contribution in [0, 0.1) is 0 Å². The molecule has 0 aliphatic carbocycles. The second-order valence-electron chi connectivity index (χ2n) is 17.8. The Morgan fingerprint density at radius 2 is 0.985 bits per heavy atom. The molecule has 0 N–H and O–H groups in total. The smallest absolute Gasteiger partial charge is 0.340 e. The lowest BCUT2D eigenvalue weighted by atomic mass is 9.82. The zero-order valence-corrected chi connectivity index (χ0v) is 39.3. The highest BCUT2D eigenvalue weighted by Gasteiger charge is 2.44. The predicted octanol–water partition coefficient (Wildman–Crippen LogP) is 13.5. The lowest BCUT2D eigenvalue weighted by molar-refractivity contribution is 0.0299. The molecule has 0 bridgehead atoms. The van der Waals surface area contributed by atoms with Crippen molar-refractivity contribution >= 4 is 34.2 Å². The highest BCUT2D eigenvalue weighted by Crippen LogP contribution is 2.46. The molecular weight excluding hydrogens is 803 g/mol. The van der Waals surface area contributed by atoms with Gasteiger partial charge in [0.25, 0.3) is 0 Å². The molecule has 0 amide bonds. The van der Waals surface area contributed by atoms with E-state index in [1.807, 2.05) is 44.2 Å². The average molecular weight is 872 g/mol. The number of benzene rings is 5. The molecule has 0 spiro atoms. The molecule has 3 heterocycles. The van der Waals surface area contributed by atoms with Crippen molar-refractivity contribution in [2.24, 2.45) is 0 Å². The summed E-state index contributed by atoms with van der Waals surface area (Å²) in [5.41, 5.74) is 9.78. The number of rotatable bonds is 19. The third kappa shape index (κ3) is 10.8. The first-order valence-electron chi connectivity index (χ1n) is 24.7. The van der Waals surface area contributed by atoms with E-state index >= 15 is 0 Å². The summed E-state index contributed by atoms with van der Waals surface area (Å²) >= 11 is 0. The van der Waals surface area contributed by atoms with Crippen LogP contribution in [0.4, 0.5) is 17.1 Å². The molecule has 0 aromatic heterocycles. The number of carbonyl (C=O) groups excluding carboxylic acids is 1. The Hall–Kier alpha value is -5.95. The Morgan fingerprint density at radius 1 is 0.569 bits per heavy atom. The number of unbranched alkanes of at least 4 members (excludes halogenated alkanes) is 2. The van der Waals surface area contributed by atoms with Gasteiger partial charge in [0.15, 0.2) is 5.60 Å². The number of esters is 1. The largest absolute Gasteiger partial charge is 0.494 e. The maximum atomic E-state index is 14.5. The summed E-state index contributed by atoms with van der Waals surface area (Å²) in [6.45, 7) is 15.9. The Balaban J connectivity index is 1.37. The predicted molar refractivity (Wildman–Crippen MR) is 270 cm³/mol. The molecule has 0 saturated carbocycles. The van der Waals surface area contributed by atoms with E-state index in [0.717, 1.165) is 121 Å². The molecule has 65 heavy (non-hydrogen) atoms. The van der Waals surface area contributed by atoms with Crippen LogP contribution in [-0.4, -0.2) is 58.5 Å². The van der Waals surface area contributed by atoms with E-state index in [-0.39, 0.29) is 5.97 Å². The first kappa shape index (κ1) is 45.6. The van der Waals surface area contributed by atoms with Crippen molar-refractivity contribution in [1.29, 1.82) is 0 Å². The summed E-state index contributed by atoms with van der Waals surface area (Å²) in [7, 11) is 0. The van der Waals surface area contributed by atoms with Crippen LogP contribution in [0.15, 0.2) is 127 Å². The van der Waals surface area contributed by atoms with Gasteiger partial charge in [-0.2, -0.15) is 0 Å². The van der Waals surface area contributed by atoms with E-state index in [1.165, 1.54) is 49.9 Å². The molecule has 3 aliphatic heterocycles. The minimum atomic E-state index is -1.29. The number of nitrogens with zero attached hydrogens (tertiary/aromatic N) is 3. The van der Waals surface area contributed by atoms with Crippen molar-refractivity contribution in [3.8, 4) is 11.5 Å². The van der Waals surface area contributed by atoms with Crippen molar-refractivity contribution in [2.45, 2.75) is 97.5 Å². The van der Waals surface area contributed by atoms with Gasteiger partial charge in [0.05, 0.1) is 18.8 Å². The quantitative estimate of drug-likeness (QED) is 0.0766. The van der Waals surface area contributed by atoms with Crippen LogP contribution in [-0.2, 0) is 10.3 Å². The molecule has 8 rings (SSSR count). The van der Waals surface area contributed by atoms with Crippen LogP contribution in [0.25, 0.3) is 11.1 Å². The van der Waals surface area contributed by atoms with Crippen LogP contribution in [0.5, 0.6) is 11.5 Å².